The van der Waals surface area contributed by atoms with Crippen molar-refractivity contribution in [3.8, 4) is 0 Å². The number of hydrogen-bond donors (Lipinski definition) is 2. The summed E-state index contributed by atoms with van der Waals surface area (Å²) in [5.41, 5.74) is 12.0. The monoisotopic (exact) mass is 233 g/mol. The van der Waals surface area contributed by atoms with Gasteiger partial charge in [-0.05, 0) is 30.7 Å². The first-order valence-corrected chi connectivity index (χ1v) is 5.52. The number of benzene rings is 1. The van der Waals surface area contributed by atoms with Gasteiger partial charge < -0.3 is 16.4 Å². The first kappa shape index (κ1) is 11.4. The molecule has 1 aliphatic heterocycles. The molecule has 0 bridgehead atoms. The van der Waals surface area contributed by atoms with Crippen molar-refractivity contribution in [2.75, 3.05) is 18.8 Å². The van der Waals surface area contributed by atoms with Crippen LogP contribution in [0.2, 0.25) is 0 Å². The molecule has 1 atom stereocenters. The summed E-state index contributed by atoms with van der Waals surface area (Å²) in [6.45, 7) is 0.995. The number of rotatable bonds is 2. The minimum absolute atomic E-state index is 0.0752. The number of carbonyl (C=O) groups is 2. The maximum Gasteiger partial charge on any atom is 0.253 e. The van der Waals surface area contributed by atoms with Gasteiger partial charge in [0.05, 0.1) is 5.92 Å². The molecule has 0 radical (unpaired) electrons. The molecule has 1 unspecified atom stereocenters. The van der Waals surface area contributed by atoms with Crippen LogP contribution in [0.4, 0.5) is 5.69 Å². The second-order valence-corrected chi connectivity index (χ2v) is 4.26. The lowest BCUT2D eigenvalue weighted by atomic mass is 10.1. The fourth-order valence-corrected chi connectivity index (χ4v) is 1.99. The summed E-state index contributed by atoms with van der Waals surface area (Å²) in [5, 5.41) is 0. The van der Waals surface area contributed by atoms with Gasteiger partial charge in [-0.1, -0.05) is 0 Å². The van der Waals surface area contributed by atoms with Crippen LogP contribution in [0.3, 0.4) is 0 Å². The van der Waals surface area contributed by atoms with Gasteiger partial charge >= 0.3 is 0 Å². The second kappa shape index (κ2) is 4.45. The lowest BCUT2D eigenvalue weighted by molar-refractivity contribution is -0.121. The van der Waals surface area contributed by atoms with Gasteiger partial charge in [-0.15, -0.1) is 0 Å². The molecule has 5 heteroatoms. The average molecular weight is 233 g/mol. The Bertz CT molecular complexity index is 442. The van der Waals surface area contributed by atoms with Crippen molar-refractivity contribution in [3.63, 3.8) is 0 Å². The molecule has 4 N–H and O–H groups in total. The van der Waals surface area contributed by atoms with Gasteiger partial charge in [0.25, 0.3) is 5.91 Å². The number of nitrogens with two attached hydrogens (primary N) is 2. The zero-order chi connectivity index (χ0) is 12.4. The summed E-state index contributed by atoms with van der Waals surface area (Å²) in [4.78, 5) is 24.7. The van der Waals surface area contributed by atoms with Crippen molar-refractivity contribution in [1.82, 2.24) is 4.90 Å². The normalized spacial score (nSPS) is 19.3. The highest BCUT2D eigenvalue weighted by Crippen LogP contribution is 2.18. The smallest absolute Gasteiger partial charge is 0.253 e. The van der Waals surface area contributed by atoms with Crippen molar-refractivity contribution in [1.29, 1.82) is 0 Å². The fourth-order valence-electron chi connectivity index (χ4n) is 1.99. The van der Waals surface area contributed by atoms with Gasteiger partial charge in [0.2, 0.25) is 5.91 Å². The van der Waals surface area contributed by atoms with Crippen LogP contribution < -0.4 is 11.5 Å². The van der Waals surface area contributed by atoms with Crippen LogP contribution in [0.1, 0.15) is 16.8 Å². The van der Waals surface area contributed by atoms with E-state index >= 15 is 0 Å². The molecule has 1 fully saturated rings. The standard InChI is InChI=1S/C12H15N3O2/c13-10-3-1-8(2-4-10)12(17)15-6-5-9(7-15)11(14)16/h1-4,9H,5-7,13H2,(H2,14,16). The van der Waals surface area contributed by atoms with E-state index in [0.717, 1.165) is 0 Å². The molecule has 2 amide bonds. The van der Waals surface area contributed by atoms with E-state index in [1.54, 1.807) is 29.2 Å². The van der Waals surface area contributed by atoms with Crippen molar-refractivity contribution < 1.29 is 9.59 Å². The lowest BCUT2D eigenvalue weighted by Crippen LogP contribution is -2.31. The van der Waals surface area contributed by atoms with Gasteiger partial charge in [0.1, 0.15) is 0 Å². The topological polar surface area (TPSA) is 89.4 Å². The molecule has 5 nitrogen and oxygen atoms in total. The van der Waals surface area contributed by atoms with E-state index in [4.69, 9.17) is 11.5 Å². The number of anilines is 1. The van der Waals surface area contributed by atoms with E-state index in [-0.39, 0.29) is 17.7 Å². The molecule has 2 rings (SSSR count). The molecule has 0 aromatic heterocycles. The summed E-state index contributed by atoms with van der Waals surface area (Å²) >= 11 is 0. The van der Waals surface area contributed by atoms with Crippen LogP contribution >= 0.6 is 0 Å². The van der Waals surface area contributed by atoms with Crippen molar-refractivity contribution in [3.05, 3.63) is 29.8 Å². The molecular formula is C12H15N3O2. The van der Waals surface area contributed by atoms with E-state index in [0.29, 0.717) is 30.8 Å². The van der Waals surface area contributed by atoms with Crippen LogP contribution in [-0.2, 0) is 4.79 Å². The number of hydrogen-bond acceptors (Lipinski definition) is 3. The highest BCUT2D eigenvalue weighted by Gasteiger charge is 2.29. The average Bonchev–Trinajstić information content (AvgIpc) is 2.78. The maximum atomic E-state index is 12.1. The Morgan fingerprint density at radius 2 is 1.88 bits per heavy atom. The Hall–Kier alpha value is -2.04. The molecule has 1 heterocycles. The third kappa shape index (κ3) is 2.38. The molecule has 0 aliphatic carbocycles. The first-order valence-electron chi connectivity index (χ1n) is 5.52. The third-order valence-corrected chi connectivity index (χ3v) is 3.04. The van der Waals surface area contributed by atoms with E-state index in [1.807, 2.05) is 0 Å². The Morgan fingerprint density at radius 1 is 1.24 bits per heavy atom. The SMILES string of the molecule is NC(=O)C1CCN(C(=O)c2ccc(N)cc2)C1. The third-order valence-electron chi connectivity index (χ3n) is 3.04. The van der Waals surface area contributed by atoms with Gasteiger partial charge in [-0.2, -0.15) is 0 Å². The summed E-state index contributed by atoms with van der Waals surface area (Å²) < 4.78 is 0. The minimum atomic E-state index is -0.336. The van der Waals surface area contributed by atoms with Gasteiger partial charge in [0, 0.05) is 24.3 Å². The van der Waals surface area contributed by atoms with Crippen molar-refractivity contribution in [2.24, 2.45) is 11.7 Å². The van der Waals surface area contributed by atoms with Crippen molar-refractivity contribution >= 4 is 17.5 Å². The molecule has 1 saturated heterocycles. The van der Waals surface area contributed by atoms with Crippen molar-refractivity contribution in [2.45, 2.75) is 6.42 Å². The quantitative estimate of drug-likeness (QED) is 0.716. The number of nitrogen functional groups attached to an aromatic ring is 1. The molecule has 1 aromatic rings. The number of carbonyl (C=O) groups excluding carboxylic acids is 2. The van der Waals surface area contributed by atoms with Crippen LogP contribution in [0.5, 0.6) is 0 Å². The summed E-state index contributed by atoms with van der Waals surface area (Å²) in [5.74, 6) is -0.626. The lowest BCUT2D eigenvalue weighted by Gasteiger charge is -2.15. The molecular weight excluding hydrogens is 218 g/mol. The van der Waals surface area contributed by atoms with Crippen LogP contribution in [0.15, 0.2) is 24.3 Å². The number of likely N-dealkylation sites (tertiary alicyclic amines) is 1. The Morgan fingerprint density at radius 3 is 2.41 bits per heavy atom. The molecule has 0 spiro atoms. The number of nitrogens with zero attached hydrogens (tertiary/aromatic N) is 1. The highest BCUT2D eigenvalue weighted by molar-refractivity contribution is 5.95. The van der Waals surface area contributed by atoms with E-state index in [2.05, 4.69) is 0 Å². The van der Waals surface area contributed by atoms with E-state index < -0.39 is 0 Å². The van der Waals surface area contributed by atoms with Gasteiger partial charge in [0.15, 0.2) is 0 Å². The van der Waals surface area contributed by atoms with Crippen LogP contribution in [-0.4, -0.2) is 29.8 Å². The largest absolute Gasteiger partial charge is 0.399 e. The molecule has 1 aromatic carbocycles. The Kier molecular flexibility index (Phi) is 2.99. The molecule has 90 valence electrons. The maximum absolute atomic E-state index is 12.1. The molecule has 1 aliphatic rings. The minimum Gasteiger partial charge on any atom is -0.399 e. The van der Waals surface area contributed by atoms with E-state index in [1.165, 1.54) is 0 Å². The molecule has 17 heavy (non-hydrogen) atoms. The fraction of sp³-hybridized carbons (Fsp3) is 0.333. The van der Waals surface area contributed by atoms with Crippen LogP contribution in [0, 0.1) is 5.92 Å². The predicted molar refractivity (Wildman–Crippen MR) is 64.1 cm³/mol. The number of amides is 2. The van der Waals surface area contributed by atoms with Gasteiger partial charge in [-0.25, -0.2) is 0 Å². The first-order chi connectivity index (χ1) is 8.08. The number of primary amides is 1. The predicted octanol–water partition coefficient (Wildman–Crippen LogP) is 0.216. The summed E-state index contributed by atoms with van der Waals surface area (Å²) in [6.07, 6.45) is 0.649. The Labute approximate surface area is 99.4 Å². The second-order valence-electron chi connectivity index (χ2n) is 4.26. The zero-order valence-corrected chi connectivity index (χ0v) is 9.43. The Balaban J connectivity index is 2.07. The summed E-state index contributed by atoms with van der Waals surface area (Å²) in [6, 6.07) is 6.76. The summed E-state index contributed by atoms with van der Waals surface area (Å²) in [7, 11) is 0. The highest BCUT2D eigenvalue weighted by atomic mass is 16.2. The molecule has 0 saturated carbocycles. The zero-order valence-electron chi connectivity index (χ0n) is 9.43. The van der Waals surface area contributed by atoms with E-state index in [9.17, 15) is 9.59 Å². The van der Waals surface area contributed by atoms with Crippen LogP contribution in [0.25, 0.3) is 0 Å². The van der Waals surface area contributed by atoms with Gasteiger partial charge in [-0.3, -0.25) is 9.59 Å².